The van der Waals surface area contributed by atoms with Crippen molar-refractivity contribution in [3.05, 3.63) is 24.3 Å². The van der Waals surface area contributed by atoms with Gasteiger partial charge in [0.1, 0.15) is 5.75 Å². The lowest BCUT2D eigenvalue weighted by atomic mass is 10.3. The van der Waals surface area contributed by atoms with Gasteiger partial charge in [0.25, 0.3) is 0 Å². The lowest BCUT2D eigenvalue weighted by molar-refractivity contribution is 0.225. The summed E-state index contributed by atoms with van der Waals surface area (Å²) in [6.45, 7) is 0. The van der Waals surface area contributed by atoms with Gasteiger partial charge in [-0.2, -0.15) is 4.99 Å². The highest BCUT2D eigenvalue weighted by atomic mass is 35.5. The first-order valence-corrected chi connectivity index (χ1v) is 3.65. The van der Waals surface area contributed by atoms with Crippen LogP contribution >= 0.6 is 11.6 Å². The first-order valence-electron chi connectivity index (χ1n) is 3.27. The fourth-order valence-corrected chi connectivity index (χ4v) is 0.851. The molecule has 0 aliphatic heterocycles. The molecule has 4 nitrogen and oxygen atoms in total. The van der Waals surface area contributed by atoms with E-state index in [1.807, 2.05) is 0 Å². The molecule has 66 valence electrons. The number of hydrogen-bond acceptors (Lipinski definition) is 4. The second kappa shape index (κ2) is 4.40. The van der Waals surface area contributed by atoms with Crippen molar-refractivity contribution in [1.29, 1.82) is 0 Å². The summed E-state index contributed by atoms with van der Waals surface area (Å²) in [4.78, 5) is 23.5. The van der Waals surface area contributed by atoms with Crippen molar-refractivity contribution in [3.63, 3.8) is 0 Å². The Morgan fingerprint density at radius 2 is 2.31 bits per heavy atom. The minimum Gasteiger partial charge on any atom is -0.414 e. The maximum Gasteiger partial charge on any atom is 0.409 e. The van der Waals surface area contributed by atoms with Gasteiger partial charge in [-0.05, 0) is 12.1 Å². The van der Waals surface area contributed by atoms with Crippen molar-refractivity contribution in [2.75, 3.05) is 0 Å². The van der Waals surface area contributed by atoms with Gasteiger partial charge in [0.2, 0.25) is 6.08 Å². The van der Waals surface area contributed by atoms with Gasteiger partial charge in [0, 0.05) is 17.7 Å². The van der Waals surface area contributed by atoms with Crippen LogP contribution in [0.2, 0.25) is 0 Å². The lowest BCUT2D eigenvalue weighted by Crippen LogP contribution is -1.95. The Balaban J connectivity index is 2.91. The maximum atomic E-state index is 10.3. The van der Waals surface area contributed by atoms with Gasteiger partial charge in [-0.25, -0.2) is 9.59 Å². The highest BCUT2D eigenvalue weighted by Gasteiger charge is 1.99. The Morgan fingerprint density at radius 3 is 2.92 bits per heavy atom. The first kappa shape index (κ1) is 9.45. The van der Waals surface area contributed by atoms with Crippen molar-refractivity contribution in [1.82, 2.24) is 0 Å². The Bertz CT molecular complexity index is 371. The second-order valence-electron chi connectivity index (χ2n) is 2.04. The van der Waals surface area contributed by atoms with E-state index in [0.717, 1.165) is 0 Å². The highest BCUT2D eigenvalue weighted by Crippen LogP contribution is 2.19. The molecular weight excluding hydrogens is 194 g/mol. The number of hydrogen-bond donors (Lipinski definition) is 0. The van der Waals surface area contributed by atoms with Gasteiger partial charge >= 0.3 is 5.43 Å². The number of aliphatic imine (C=N–C) groups is 1. The quantitative estimate of drug-likeness (QED) is 0.416. The van der Waals surface area contributed by atoms with E-state index >= 15 is 0 Å². The average molecular weight is 198 g/mol. The summed E-state index contributed by atoms with van der Waals surface area (Å²) in [5, 5.41) is 0. The van der Waals surface area contributed by atoms with Crippen LogP contribution in [0.25, 0.3) is 0 Å². The van der Waals surface area contributed by atoms with E-state index in [1.54, 1.807) is 12.1 Å². The van der Waals surface area contributed by atoms with E-state index < -0.39 is 5.43 Å². The zero-order chi connectivity index (χ0) is 9.68. The van der Waals surface area contributed by atoms with Crippen LogP contribution in [0.15, 0.2) is 29.3 Å². The van der Waals surface area contributed by atoms with Crippen molar-refractivity contribution in [2.24, 2.45) is 4.99 Å². The zero-order valence-electron chi connectivity index (χ0n) is 6.36. The molecule has 0 amide bonds. The molecular formula is C8H4ClNO3. The molecule has 0 aromatic heterocycles. The Hall–Kier alpha value is -1.64. The number of halogens is 1. The fraction of sp³-hybridized carbons (Fsp3) is 0. The van der Waals surface area contributed by atoms with Crippen LogP contribution in [0.3, 0.4) is 0 Å². The fourth-order valence-electron chi connectivity index (χ4n) is 0.762. The summed E-state index contributed by atoms with van der Waals surface area (Å²) < 4.78 is 4.54. The normalized spacial score (nSPS) is 8.69. The molecule has 0 N–H and O–H groups in total. The number of benzene rings is 1. The van der Waals surface area contributed by atoms with Crippen LogP contribution in [0.1, 0.15) is 0 Å². The van der Waals surface area contributed by atoms with E-state index in [0.29, 0.717) is 5.69 Å². The summed E-state index contributed by atoms with van der Waals surface area (Å²) in [7, 11) is 0. The SMILES string of the molecule is O=C=Nc1cccc(OC(=O)Cl)c1. The lowest BCUT2D eigenvalue weighted by Gasteiger charge is -1.98. The van der Waals surface area contributed by atoms with Crippen LogP contribution in [0.4, 0.5) is 10.5 Å². The molecule has 0 saturated carbocycles. The predicted molar refractivity (Wildman–Crippen MR) is 46.1 cm³/mol. The van der Waals surface area contributed by atoms with Crippen LogP contribution in [-0.2, 0) is 4.79 Å². The third-order valence-corrected chi connectivity index (χ3v) is 1.27. The molecule has 0 spiro atoms. The monoisotopic (exact) mass is 197 g/mol. The van der Waals surface area contributed by atoms with E-state index in [9.17, 15) is 9.59 Å². The minimum atomic E-state index is -0.938. The Kier molecular flexibility index (Phi) is 3.20. The number of nitrogens with zero attached hydrogens (tertiary/aromatic N) is 1. The smallest absolute Gasteiger partial charge is 0.409 e. The molecule has 0 aliphatic carbocycles. The predicted octanol–water partition coefficient (Wildman–Crippen LogP) is 2.39. The van der Waals surface area contributed by atoms with E-state index in [2.05, 4.69) is 9.73 Å². The van der Waals surface area contributed by atoms with E-state index in [1.165, 1.54) is 18.2 Å². The Labute approximate surface area is 78.8 Å². The van der Waals surface area contributed by atoms with Gasteiger partial charge in [-0.15, -0.1) is 0 Å². The Morgan fingerprint density at radius 1 is 1.54 bits per heavy atom. The molecule has 0 atom stereocenters. The minimum absolute atomic E-state index is 0.233. The largest absolute Gasteiger partial charge is 0.414 e. The third kappa shape index (κ3) is 3.07. The maximum absolute atomic E-state index is 10.3. The van der Waals surface area contributed by atoms with E-state index in [-0.39, 0.29) is 5.75 Å². The third-order valence-electron chi connectivity index (χ3n) is 1.19. The second-order valence-corrected chi connectivity index (χ2v) is 2.35. The van der Waals surface area contributed by atoms with Crippen molar-refractivity contribution in [2.45, 2.75) is 0 Å². The molecule has 0 fully saturated rings. The summed E-state index contributed by atoms with van der Waals surface area (Å²) in [6, 6.07) is 6.05. The summed E-state index contributed by atoms with van der Waals surface area (Å²) >= 11 is 4.97. The van der Waals surface area contributed by atoms with Crippen LogP contribution < -0.4 is 4.74 Å². The van der Waals surface area contributed by atoms with Crippen molar-refractivity contribution < 1.29 is 14.3 Å². The number of carbonyl (C=O) groups excluding carboxylic acids is 2. The molecule has 0 radical (unpaired) electrons. The van der Waals surface area contributed by atoms with Gasteiger partial charge in [-0.1, -0.05) is 6.07 Å². The van der Waals surface area contributed by atoms with Crippen molar-refractivity contribution >= 4 is 28.8 Å². The number of ether oxygens (including phenoxy) is 1. The average Bonchev–Trinajstić information content (AvgIpc) is 2.04. The zero-order valence-corrected chi connectivity index (χ0v) is 7.12. The molecule has 0 heterocycles. The van der Waals surface area contributed by atoms with Gasteiger partial charge in [0.15, 0.2) is 0 Å². The van der Waals surface area contributed by atoms with Gasteiger partial charge in [-0.3, -0.25) is 0 Å². The summed E-state index contributed by atoms with van der Waals surface area (Å²) in [5.41, 5.74) is -0.586. The van der Waals surface area contributed by atoms with Crippen LogP contribution in [0, 0.1) is 0 Å². The van der Waals surface area contributed by atoms with Crippen molar-refractivity contribution in [3.8, 4) is 5.75 Å². The molecule has 0 aliphatic rings. The summed E-state index contributed by atoms with van der Waals surface area (Å²) in [5.74, 6) is 0.233. The van der Waals surface area contributed by atoms with E-state index in [4.69, 9.17) is 11.6 Å². The van der Waals surface area contributed by atoms with Gasteiger partial charge < -0.3 is 4.74 Å². The van der Waals surface area contributed by atoms with Crippen LogP contribution in [0.5, 0.6) is 5.75 Å². The molecule has 0 unspecified atom stereocenters. The van der Waals surface area contributed by atoms with Gasteiger partial charge in [0.05, 0.1) is 5.69 Å². The highest BCUT2D eigenvalue weighted by molar-refractivity contribution is 6.61. The molecule has 1 rings (SSSR count). The molecule has 13 heavy (non-hydrogen) atoms. The molecule has 5 heteroatoms. The number of carbonyl (C=O) groups is 1. The standard InChI is InChI=1S/C8H4ClNO3/c9-8(12)13-7-3-1-2-6(4-7)10-5-11/h1-4H. The summed E-state index contributed by atoms with van der Waals surface area (Å²) in [6.07, 6.45) is 1.37. The first-order chi connectivity index (χ1) is 6.22. The topological polar surface area (TPSA) is 55.7 Å². The van der Waals surface area contributed by atoms with Crippen LogP contribution in [-0.4, -0.2) is 11.5 Å². The molecule has 0 saturated heterocycles. The number of isocyanates is 1. The molecule has 1 aromatic carbocycles. The molecule has 0 bridgehead atoms. The molecule has 1 aromatic rings. The number of rotatable bonds is 2.